The number of hydrogen-bond acceptors (Lipinski definition) is 2. The molecule has 96 valence electrons. The molecule has 2 rings (SSSR count). The second-order valence-corrected chi connectivity index (χ2v) is 5.96. The molecule has 0 amide bonds. The van der Waals surface area contributed by atoms with Crippen molar-refractivity contribution in [3.05, 3.63) is 56.2 Å². The van der Waals surface area contributed by atoms with E-state index in [1.165, 1.54) is 17.0 Å². The molecule has 1 aromatic heterocycles. The molecule has 18 heavy (non-hydrogen) atoms. The molecule has 2 aromatic rings. The van der Waals surface area contributed by atoms with E-state index in [1.807, 2.05) is 17.5 Å². The van der Waals surface area contributed by atoms with Gasteiger partial charge in [0.2, 0.25) is 0 Å². The molecule has 1 nitrogen and oxygen atoms in total. The molecule has 0 saturated heterocycles. The van der Waals surface area contributed by atoms with Crippen molar-refractivity contribution in [2.45, 2.75) is 18.9 Å². The molecule has 1 unspecified atom stereocenters. The van der Waals surface area contributed by atoms with Crippen LogP contribution in [0.25, 0.3) is 0 Å². The van der Waals surface area contributed by atoms with Gasteiger partial charge in [-0.25, -0.2) is 8.78 Å². The lowest BCUT2D eigenvalue weighted by atomic mass is 10.0. The topological polar surface area (TPSA) is 26.0 Å². The van der Waals surface area contributed by atoms with E-state index in [9.17, 15) is 8.78 Å². The maximum absolute atomic E-state index is 13.7. The van der Waals surface area contributed by atoms with Crippen molar-refractivity contribution in [3.8, 4) is 0 Å². The van der Waals surface area contributed by atoms with Crippen LogP contribution in [0.3, 0.4) is 0 Å². The van der Waals surface area contributed by atoms with Gasteiger partial charge in [0.25, 0.3) is 0 Å². The van der Waals surface area contributed by atoms with Crippen LogP contribution in [0.15, 0.2) is 34.1 Å². The van der Waals surface area contributed by atoms with Gasteiger partial charge in [-0.1, -0.05) is 22.0 Å². The van der Waals surface area contributed by atoms with Gasteiger partial charge in [-0.15, -0.1) is 11.3 Å². The molecule has 5 heteroatoms. The lowest BCUT2D eigenvalue weighted by molar-refractivity contribution is 0.512. The van der Waals surface area contributed by atoms with Crippen LogP contribution < -0.4 is 5.73 Å². The van der Waals surface area contributed by atoms with Gasteiger partial charge in [0.05, 0.1) is 0 Å². The Morgan fingerprint density at radius 1 is 1.28 bits per heavy atom. The Balaban J connectivity index is 2.11. The van der Waals surface area contributed by atoms with Crippen LogP contribution in [0, 0.1) is 11.6 Å². The smallest absolute Gasteiger partial charge is 0.132 e. The monoisotopic (exact) mass is 331 g/mol. The number of hydrogen-bond donors (Lipinski definition) is 1. The minimum atomic E-state index is -0.625. The Morgan fingerprint density at radius 3 is 2.50 bits per heavy atom. The Labute approximate surface area is 117 Å². The minimum absolute atomic E-state index is 0.0326. The van der Waals surface area contributed by atoms with Crippen molar-refractivity contribution in [3.63, 3.8) is 0 Å². The van der Waals surface area contributed by atoms with Gasteiger partial charge in [-0.05, 0) is 36.4 Å². The second kappa shape index (κ2) is 5.91. The zero-order chi connectivity index (χ0) is 13.1. The first-order chi connectivity index (χ1) is 8.58. The molecular formula is C13H12BrF2NS. The minimum Gasteiger partial charge on any atom is -0.324 e. The molecule has 0 fully saturated rings. The molecule has 1 heterocycles. The number of rotatable bonds is 4. The predicted molar refractivity (Wildman–Crippen MR) is 73.6 cm³/mol. The lowest BCUT2D eigenvalue weighted by Crippen LogP contribution is -2.15. The van der Waals surface area contributed by atoms with Gasteiger partial charge in [0, 0.05) is 21.0 Å². The zero-order valence-corrected chi connectivity index (χ0v) is 11.9. The molecule has 1 atom stereocenters. The van der Waals surface area contributed by atoms with E-state index in [2.05, 4.69) is 15.9 Å². The highest BCUT2D eigenvalue weighted by Crippen LogP contribution is 2.26. The van der Waals surface area contributed by atoms with Crippen LogP contribution in [0.1, 0.15) is 22.9 Å². The Bertz CT molecular complexity index is 505. The van der Waals surface area contributed by atoms with Crippen molar-refractivity contribution in [1.29, 1.82) is 0 Å². The summed E-state index contributed by atoms with van der Waals surface area (Å²) in [5.74, 6) is -1.19. The first-order valence-corrected chi connectivity index (χ1v) is 7.17. The van der Waals surface area contributed by atoms with Gasteiger partial charge in [0.15, 0.2) is 0 Å². The summed E-state index contributed by atoms with van der Waals surface area (Å²) in [4.78, 5) is 1.17. The summed E-state index contributed by atoms with van der Waals surface area (Å²) in [5, 5.41) is 1.97. The third kappa shape index (κ3) is 3.16. The summed E-state index contributed by atoms with van der Waals surface area (Å²) in [6, 6.07) is 5.80. The molecule has 0 saturated carbocycles. The van der Waals surface area contributed by atoms with Crippen LogP contribution in [-0.4, -0.2) is 0 Å². The largest absolute Gasteiger partial charge is 0.324 e. The maximum atomic E-state index is 13.7. The summed E-state index contributed by atoms with van der Waals surface area (Å²) >= 11 is 4.67. The predicted octanol–water partition coefficient (Wildman–Crippen LogP) is 4.42. The summed E-state index contributed by atoms with van der Waals surface area (Å²) in [6.07, 6.45) is 1.25. The van der Waals surface area contributed by atoms with Crippen LogP contribution in [0.4, 0.5) is 8.78 Å². The highest BCUT2D eigenvalue weighted by Gasteiger charge is 2.17. The van der Waals surface area contributed by atoms with E-state index in [1.54, 1.807) is 11.3 Å². The highest BCUT2D eigenvalue weighted by molar-refractivity contribution is 9.10. The van der Waals surface area contributed by atoms with Crippen molar-refractivity contribution < 1.29 is 8.78 Å². The summed E-state index contributed by atoms with van der Waals surface area (Å²) in [5.41, 5.74) is 5.84. The molecule has 0 aliphatic rings. The number of halogens is 3. The molecule has 0 aliphatic carbocycles. The quantitative estimate of drug-likeness (QED) is 0.881. The van der Waals surface area contributed by atoms with Crippen molar-refractivity contribution in [2.24, 2.45) is 5.73 Å². The van der Waals surface area contributed by atoms with Crippen LogP contribution in [-0.2, 0) is 6.42 Å². The normalized spacial score (nSPS) is 12.7. The van der Waals surface area contributed by atoms with E-state index in [-0.39, 0.29) is 5.56 Å². The number of nitrogens with two attached hydrogens (primary N) is 1. The van der Waals surface area contributed by atoms with Gasteiger partial charge < -0.3 is 5.73 Å². The third-order valence-corrected chi connectivity index (χ3v) is 4.09. The van der Waals surface area contributed by atoms with Gasteiger partial charge >= 0.3 is 0 Å². The molecule has 1 aromatic carbocycles. The molecule has 2 N–H and O–H groups in total. The van der Waals surface area contributed by atoms with E-state index in [0.717, 1.165) is 6.42 Å². The van der Waals surface area contributed by atoms with Crippen LogP contribution in [0.2, 0.25) is 0 Å². The summed E-state index contributed by atoms with van der Waals surface area (Å²) in [6.45, 7) is 0. The van der Waals surface area contributed by atoms with Crippen LogP contribution in [0.5, 0.6) is 0 Å². The average molecular weight is 332 g/mol. The van der Waals surface area contributed by atoms with Gasteiger partial charge in [-0.3, -0.25) is 0 Å². The first-order valence-electron chi connectivity index (χ1n) is 5.50. The summed E-state index contributed by atoms with van der Waals surface area (Å²) < 4.78 is 27.7. The van der Waals surface area contributed by atoms with Crippen LogP contribution >= 0.6 is 27.3 Å². The molecule has 0 spiro atoms. The molecule has 0 radical (unpaired) electrons. The van der Waals surface area contributed by atoms with Crippen molar-refractivity contribution >= 4 is 27.3 Å². The molecule has 0 aliphatic heterocycles. The molecular weight excluding hydrogens is 320 g/mol. The third-order valence-electron chi connectivity index (χ3n) is 2.70. The fourth-order valence-electron chi connectivity index (χ4n) is 1.80. The van der Waals surface area contributed by atoms with Crippen molar-refractivity contribution in [2.75, 3.05) is 0 Å². The fraction of sp³-hybridized carbons (Fsp3) is 0.231. The Hall–Kier alpha value is -0.780. The standard InChI is InChI=1S/C13H12BrF2NS/c14-8-6-10(15)13(11(16)7-8)12(17)4-3-9-2-1-5-18-9/h1-2,5-7,12H,3-4,17H2. The number of benzene rings is 1. The maximum Gasteiger partial charge on any atom is 0.132 e. The number of thiophene rings is 1. The van der Waals surface area contributed by atoms with E-state index in [4.69, 9.17) is 5.73 Å². The van der Waals surface area contributed by atoms with Gasteiger partial charge in [-0.2, -0.15) is 0 Å². The second-order valence-electron chi connectivity index (χ2n) is 4.01. The zero-order valence-electron chi connectivity index (χ0n) is 9.50. The van der Waals surface area contributed by atoms with E-state index >= 15 is 0 Å². The van der Waals surface area contributed by atoms with Gasteiger partial charge in [0.1, 0.15) is 11.6 Å². The fourth-order valence-corrected chi connectivity index (χ4v) is 2.93. The number of aryl methyl sites for hydroxylation is 1. The lowest BCUT2D eigenvalue weighted by Gasteiger charge is -2.13. The summed E-state index contributed by atoms with van der Waals surface area (Å²) in [7, 11) is 0. The Morgan fingerprint density at radius 2 is 1.94 bits per heavy atom. The highest BCUT2D eigenvalue weighted by atomic mass is 79.9. The SMILES string of the molecule is NC(CCc1cccs1)c1c(F)cc(Br)cc1F. The first kappa shape index (κ1) is 13.6. The average Bonchev–Trinajstić information content (AvgIpc) is 2.77. The van der Waals surface area contributed by atoms with E-state index < -0.39 is 17.7 Å². The van der Waals surface area contributed by atoms with Crippen molar-refractivity contribution in [1.82, 2.24) is 0 Å². The van der Waals surface area contributed by atoms with E-state index in [0.29, 0.717) is 10.9 Å². The Kier molecular flexibility index (Phi) is 4.48. The molecule has 0 bridgehead atoms.